The molecule has 5 heteroatoms. The molecule has 0 aliphatic rings. The maximum absolute atomic E-state index is 11.9. The van der Waals surface area contributed by atoms with E-state index in [0.717, 1.165) is 38.8 Å². The lowest BCUT2D eigenvalue weighted by atomic mass is 10.3. The number of imidazole rings is 1. The number of aromatic hydroxyl groups is 1. The molecule has 0 bridgehead atoms. The fourth-order valence-electron chi connectivity index (χ4n) is 2.11. The van der Waals surface area contributed by atoms with Crippen LogP contribution in [-0.4, -0.2) is 32.6 Å². The number of hydrogen-bond donors (Lipinski definition) is 2. The summed E-state index contributed by atoms with van der Waals surface area (Å²) in [5.74, 6) is 0.0195. The number of unbranched alkanes of at least 4 members (excludes halogenated alkanes) is 2. The molecule has 0 saturated carbocycles. The lowest BCUT2D eigenvalue weighted by molar-refractivity contribution is 0.199. The summed E-state index contributed by atoms with van der Waals surface area (Å²) < 4.78 is 1.40. The first-order valence-corrected chi connectivity index (χ1v) is 7.50. The molecule has 1 aromatic rings. The van der Waals surface area contributed by atoms with Crippen molar-refractivity contribution in [1.29, 1.82) is 0 Å². The van der Waals surface area contributed by atoms with E-state index in [0.29, 0.717) is 12.4 Å². The van der Waals surface area contributed by atoms with Crippen LogP contribution < -0.4 is 5.69 Å². The molecule has 1 aromatic heterocycles. The van der Waals surface area contributed by atoms with Gasteiger partial charge in [-0.2, -0.15) is 0 Å². The summed E-state index contributed by atoms with van der Waals surface area (Å²) >= 11 is 0. The molecule has 20 heavy (non-hydrogen) atoms. The molecule has 0 fully saturated rings. The van der Waals surface area contributed by atoms with Gasteiger partial charge in [0.2, 0.25) is 5.88 Å². The Kier molecular flexibility index (Phi) is 7.15. The second-order valence-corrected chi connectivity index (χ2v) is 5.06. The van der Waals surface area contributed by atoms with Gasteiger partial charge in [-0.15, -0.1) is 0 Å². The van der Waals surface area contributed by atoms with Crippen molar-refractivity contribution in [2.24, 2.45) is 0 Å². The molecule has 0 unspecified atom stereocenters. The summed E-state index contributed by atoms with van der Waals surface area (Å²) in [4.78, 5) is 16.8. The third-order valence-corrected chi connectivity index (χ3v) is 3.31. The summed E-state index contributed by atoms with van der Waals surface area (Å²) in [6, 6.07) is 0. The van der Waals surface area contributed by atoms with Crippen LogP contribution in [0.25, 0.3) is 6.08 Å². The average molecular weight is 281 g/mol. The molecule has 0 saturated heterocycles. The standard InChI is InChI=1S/C15H27N3O2/c1-4-7-10-17(11-8-5-2)12-18-14(19)13(9-6-3)16-15(18)20/h6,9,19H,4-5,7-8,10-12H2,1-3H3,(H,16,20). The summed E-state index contributed by atoms with van der Waals surface area (Å²) in [6.07, 6.45) is 7.95. The fourth-order valence-corrected chi connectivity index (χ4v) is 2.11. The van der Waals surface area contributed by atoms with Crippen LogP contribution in [0.3, 0.4) is 0 Å². The quantitative estimate of drug-likeness (QED) is 0.731. The van der Waals surface area contributed by atoms with Gasteiger partial charge >= 0.3 is 5.69 Å². The summed E-state index contributed by atoms with van der Waals surface area (Å²) in [7, 11) is 0. The molecule has 2 N–H and O–H groups in total. The third-order valence-electron chi connectivity index (χ3n) is 3.31. The van der Waals surface area contributed by atoms with Gasteiger partial charge in [-0.1, -0.05) is 32.8 Å². The molecule has 1 heterocycles. The van der Waals surface area contributed by atoms with E-state index in [1.54, 1.807) is 12.2 Å². The van der Waals surface area contributed by atoms with Crippen molar-refractivity contribution >= 4 is 6.08 Å². The molecule has 0 aromatic carbocycles. The van der Waals surface area contributed by atoms with Crippen LogP contribution >= 0.6 is 0 Å². The highest BCUT2D eigenvalue weighted by Gasteiger charge is 2.13. The van der Waals surface area contributed by atoms with E-state index in [9.17, 15) is 9.90 Å². The van der Waals surface area contributed by atoms with Gasteiger partial charge in [-0.3, -0.25) is 4.90 Å². The van der Waals surface area contributed by atoms with Gasteiger partial charge in [0.05, 0.1) is 6.67 Å². The van der Waals surface area contributed by atoms with Crippen molar-refractivity contribution in [2.75, 3.05) is 13.1 Å². The summed E-state index contributed by atoms with van der Waals surface area (Å²) in [6.45, 7) is 8.51. The molecule has 0 radical (unpaired) electrons. The number of nitrogens with one attached hydrogen (secondary N) is 1. The Morgan fingerprint density at radius 2 is 1.85 bits per heavy atom. The first kappa shape index (κ1) is 16.6. The Balaban J connectivity index is 2.83. The Bertz CT molecular complexity index is 466. The van der Waals surface area contributed by atoms with Crippen molar-refractivity contribution in [3.05, 3.63) is 22.3 Å². The molecule has 0 aliphatic carbocycles. The highest BCUT2D eigenvalue weighted by molar-refractivity contribution is 5.49. The smallest absolute Gasteiger partial charge is 0.329 e. The topological polar surface area (TPSA) is 61.3 Å². The number of H-pyrrole nitrogens is 1. The van der Waals surface area contributed by atoms with Crippen molar-refractivity contribution in [3.63, 3.8) is 0 Å². The molecule has 0 spiro atoms. The molecule has 0 atom stereocenters. The Labute approximate surface area is 120 Å². The predicted octanol–water partition coefficient (Wildman–Crippen LogP) is 2.77. The predicted molar refractivity (Wildman–Crippen MR) is 82.8 cm³/mol. The van der Waals surface area contributed by atoms with Crippen LogP contribution in [0.4, 0.5) is 0 Å². The van der Waals surface area contributed by atoms with Crippen molar-refractivity contribution in [1.82, 2.24) is 14.5 Å². The number of allylic oxidation sites excluding steroid dienone is 1. The third kappa shape index (κ3) is 4.56. The lowest BCUT2D eigenvalue weighted by Crippen LogP contribution is -2.32. The maximum Gasteiger partial charge on any atom is 0.329 e. The SMILES string of the molecule is CC=Cc1[nH]c(=O)n(CN(CCCC)CCCC)c1O. The lowest BCUT2D eigenvalue weighted by Gasteiger charge is -2.22. The largest absolute Gasteiger partial charge is 0.493 e. The van der Waals surface area contributed by atoms with Gasteiger partial charge in [-0.05, 0) is 38.9 Å². The minimum Gasteiger partial charge on any atom is -0.493 e. The van der Waals surface area contributed by atoms with Crippen LogP contribution in [0.2, 0.25) is 0 Å². The first-order chi connectivity index (χ1) is 9.63. The molecule has 0 aliphatic heterocycles. The number of aromatic amines is 1. The van der Waals surface area contributed by atoms with Gasteiger partial charge in [0, 0.05) is 0 Å². The zero-order chi connectivity index (χ0) is 15.0. The second kappa shape index (κ2) is 8.64. The zero-order valence-corrected chi connectivity index (χ0v) is 12.9. The Morgan fingerprint density at radius 1 is 1.25 bits per heavy atom. The zero-order valence-electron chi connectivity index (χ0n) is 12.9. The van der Waals surface area contributed by atoms with Gasteiger partial charge in [0.1, 0.15) is 5.69 Å². The number of nitrogens with zero attached hydrogens (tertiary/aromatic N) is 2. The van der Waals surface area contributed by atoms with Crippen molar-refractivity contribution in [2.45, 2.75) is 53.1 Å². The van der Waals surface area contributed by atoms with Gasteiger partial charge in [-0.25, -0.2) is 9.36 Å². The van der Waals surface area contributed by atoms with Gasteiger partial charge < -0.3 is 10.1 Å². The minimum atomic E-state index is -0.256. The molecular weight excluding hydrogens is 254 g/mol. The van der Waals surface area contributed by atoms with Crippen molar-refractivity contribution < 1.29 is 5.11 Å². The molecule has 0 amide bonds. The Hall–Kier alpha value is -1.49. The summed E-state index contributed by atoms with van der Waals surface area (Å²) in [5, 5.41) is 10.1. The normalized spacial score (nSPS) is 11.8. The highest BCUT2D eigenvalue weighted by atomic mass is 16.3. The first-order valence-electron chi connectivity index (χ1n) is 7.50. The van der Waals surface area contributed by atoms with Crippen LogP contribution in [0.1, 0.15) is 52.1 Å². The second-order valence-electron chi connectivity index (χ2n) is 5.06. The molecular formula is C15H27N3O2. The fraction of sp³-hybridized carbons (Fsp3) is 0.667. The van der Waals surface area contributed by atoms with Crippen LogP contribution in [-0.2, 0) is 6.67 Å². The van der Waals surface area contributed by atoms with Crippen LogP contribution in [0, 0.1) is 0 Å². The molecule has 5 nitrogen and oxygen atoms in total. The van der Waals surface area contributed by atoms with E-state index < -0.39 is 0 Å². The van der Waals surface area contributed by atoms with Gasteiger partial charge in [0.15, 0.2) is 0 Å². The summed E-state index contributed by atoms with van der Waals surface area (Å²) in [5.41, 5.74) is 0.219. The van der Waals surface area contributed by atoms with Crippen molar-refractivity contribution in [3.8, 4) is 5.88 Å². The van der Waals surface area contributed by atoms with E-state index in [-0.39, 0.29) is 11.6 Å². The number of hydrogen-bond acceptors (Lipinski definition) is 3. The van der Waals surface area contributed by atoms with Crippen LogP contribution in [0.15, 0.2) is 10.9 Å². The molecule has 1 rings (SSSR count). The van der Waals surface area contributed by atoms with E-state index in [1.807, 2.05) is 6.92 Å². The van der Waals surface area contributed by atoms with Crippen LogP contribution in [0.5, 0.6) is 5.88 Å². The molecule has 114 valence electrons. The van der Waals surface area contributed by atoms with E-state index >= 15 is 0 Å². The van der Waals surface area contributed by atoms with E-state index in [2.05, 4.69) is 23.7 Å². The van der Waals surface area contributed by atoms with E-state index in [4.69, 9.17) is 0 Å². The maximum atomic E-state index is 11.9. The average Bonchev–Trinajstić information content (AvgIpc) is 2.69. The number of rotatable bonds is 9. The van der Waals surface area contributed by atoms with Gasteiger partial charge in [0.25, 0.3) is 0 Å². The van der Waals surface area contributed by atoms with E-state index in [1.165, 1.54) is 4.57 Å². The minimum absolute atomic E-state index is 0.0195. The number of aromatic nitrogens is 2. The highest BCUT2D eigenvalue weighted by Crippen LogP contribution is 2.15. The Morgan fingerprint density at radius 3 is 2.35 bits per heavy atom. The monoisotopic (exact) mass is 281 g/mol.